The van der Waals surface area contributed by atoms with Crippen LogP contribution < -0.4 is 5.73 Å². The Bertz CT molecular complexity index is 151. The predicted molar refractivity (Wildman–Crippen MR) is 48.0 cm³/mol. The molecule has 1 fully saturated rings. The first-order chi connectivity index (χ1) is 5.18. The van der Waals surface area contributed by atoms with Gasteiger partial charge in [0.15, 0.2) is 0 Å². The van der Waals surface area contributed by atoms with Crippen LogP contribution in [0.15, 0.2) is 0 Å². The van der Waals surface area contributed by atoms with Crippen LogP contribution in [-0.2, 0) is 10.8 Å². The Labute approximate surface area is 70.4 Å². The largest absolute Gasteiger partial charge is 0.326 e. The lowest BCUT2D eigenvalue weighted by molar-refractivity contribution is 0.356. The van der Waals surface area contributed by atoms with Crippen LogP contribution in [0.2, 0.25) is 0 Å². The van der Waals surface area contributed by atoms with Gasteiger partial charge in [0.2, 0.25) is 0 Å². The molecule has 0 aliphatic carbocycles. The van der Waals surface area contributed by atoms with Crippen molar-refractivity contribution >= 4 is 10.8 Å². The van der Waals surface area contributed by atoms with E-state index in [1.807, 2.05) is 0 Å². The molecule has 1 aliphatic rings. The molecule has 0 amide bonds. The number of hydrogen-bond acceptors (Lipinski definition) is 3. The van der Waals surface area contributed by atoms with E-state index in [2.05, 4.69) is 4.90 Å². The second-order valence-electron chi connectivity index (χ2n) is 3.13. The van der Waals surface area contributed by atoms with Gasteiger partial charge in [-0.2, -0.15) is 0 Å². The van der Waals surface area contributed by atoms with Crippen LogP contribution >= 0.6 is 0 Å². The molecular weight excluding hydrogens is 160 g/mol. The summed E-state index contributed by atoms with van der Waals surface area (Å²) in [6.45, 7) is 3.01. The average molecular weight is 176 g/mol. The Morgan fingerprint density at radius 1 is 1.73 bits per heavy atom. The van der Waals surface area contributed by atoms with Crippen LogP contribution in [0.4, 0.5) is 0 Å². The zero-order chi connectivity index (χ0) is 8.27. The van der Waals surface area contributed by atoms with Gasteiger partial charge in [-0.05, 0) is 13.0 Å². The highest BCUT2D eigenvalue weighted by molar-refractivity contribution is 7.84. The zero-order valence-corrected chi connectivity index (χ0v) is 7.77. The van der Waals surface area contributed by atoms with Gasteiger partial charge in [-0.15, -0.1) is 0 Å². The molecule has 4 heteroatoms. The lowest BCUT2D eigenvalue weighted by atomic mass is 10.3. The highest BCUT2D eigenvalue weighted by atomic mass is 32.2. The van der Waals surface area contributed by atoms with Crippen molar-refractivity contribution < 1.29 is 4.21 Å². The van der Waals surface area contributed by atoms with Gasteiger partial charge in [0.05, 0.1) is 0 Å². The first-order valence-corrected chi connectivity index (χ1v) is 5.69. The molecule has 66 valence electrons. The number of nitrogens with zero attached hydrogens (tertiary/aromatic N) is 1. The van der Waals surface area contributed by atoms with Crippen molar-refractivity contribution in [3.8, 4) is 0 Å². The number of likely N-dealkylation sites (tertiary alicyclic amines) is 1. The molecule has 0 aromatic rings. The molecule has 0 bridgehead atoms. The molecule has 0 saturated carbocycles. The van der Waals surface area contributed by atoms with E-state index in [1.54, 1.807) is 6.26 Å². The summed E-state index contributed by atoms with van der Waals surface area (Å²) < 4.78 is 10.7. The molecule has 11 heavy (non-hydrogen) atoms. The first-order valence-electron chi connectivity index (χ1n) is 3.96. The van der Waals surface area contributed by atoms with Crippen molar-refractivity contribution in [1.82, 2.24) is 4.90 Å². The Kier molecular flexibility index (Phi) is 3.48. The Balaban J connectivity index is 2.13. The molecule has 1 rings (SSSR count). The van der Waals surface area contributed by atoms with Crippen LogP contribution in [0.1, 0.15) is 6.42 Å². The highest BCUT2D eigenvalue weighted by Gasteiger charge is 2.18. The van der Waals surface area contributed by atoms with Crippen molar-refractivity contribution in [2.24, 2.45) is 5.73 Å². The summed E-state index contributed by atoms with van der Waals surface area (Å²) in [5.41, 5.74) is 5.71. The third kappa shape index (κ3) is 3.31. The zero-order valence-electron chi connectivity index (χ0n) is 6.95. The maximum Gasteiger partial charge on any atom is 0.0359 e. The Morgan fingerprint density at radius 2 is 2.45 bits per heavy atom. The standard InChI is InChI=1S/C7H16N2OS/c1-11(10)5-4-9-3-2-7(8)6-9/h7H,2-6,8H2,1H3. The van der Waals surface area contributed by atoms with E-state index in [0.29, 0.717) is 6.04 Å². The van der Waals surface area contributed by atoms with Gasteiger partial charge in [-0.25, -0.2) is 0 Å². The van der Waals surface area contributed by atoms with Gasteiger partial charge in [0.1, 0.15) is 0 Å². The fourth-order valence-electron chi connectivity index (χ4n) is 1.32. The molecule has 0 aromatic heterocycles. The molecule has 1 aliphatic heterocycles. The van der Waals surface area contributed by atoms with E-state index in [-0.39, 0.29) is 0 Å². The van der Waals surface area contributed by atoms with Crippen molar-refractivity contribution in [1.29, 1.82) is 0 Å². The molecule has 2 N–H and O–H groups in total. The van der Waals surface area contributed by atoms with Crippen molar-refractivity contribution in [3.63, 3.8) is 0 Å². The van der Waals surface area contributed by atoms with Crippen LogP contribution in [0.5, 0.6) is 0 Å². The minimum absolute atomic E-state index is 0.347. The van der Waals surface area contributed by atoms with Gasteiger partial charge in [-0.1, -0.05) is 0 Å². The van der Waals surface area contributed by atoms with Crippen molar-refractivity contribution in [2.75, 3.05) is 31.6 Å². The van der Waals surface area contributed by atoms with E-state index in [9.17, 15) is 4.21 Å². The lowest BCUT2D eigenvalue weighted by Crippen LogP contribution is -2.29. The molecule has 0 spiro atoms. The van der Waals surface area contributed by atoms with E-state index in [0.717, 1.165) is 31.8 Å². The number of hydrogen-bond donors (Lipinski definition) is 1. The summed E-state index contributed by atoms with van der Waals surface area (Å²) in [6.07, 6.45) is 2.84. The summed E-state index contributed by atoms with van der Waals surface area (Å²) in [5.74, 6) is 0.784. The smallest absolute Gasteiger partial charge is 0.0359 e. The van der Waals surface area contributed by atoms with Gasteiger partial charge in [0, 0.05) is 41.9 Å². The Morgan fingerprint density at radius 3 is 2.91 bits per heavy atom. The number of rotatable bonds is 3. The number of nitrogens with two attached hydrogens (primary N) is 1. The van der Waals surface area contributed by atoms with E-state index < -0.39 is 10.8 Å². The minimum atomic E-state index is -0.655. The first kappa shape index (κ1) is 9.16. The van der Waals surface area contributed by atoms with Gasteiger partial charge in [-0.3, -0.25) is 4.21 Å². The molecule has 3 nitrogen and oxygen atoms in total. The normalized spacial score (nSPS) is 29.1. The molecule has 0 aromatic carbocycles. The lowest BCUT2D eigenvalue weighted by Gasteiger charge is -2.13. The fourth-order valence-corrected chi connectivity index (χ4v) is 1.84. The minimum Gasteiger partial charge on any atom is -0.326 e. The summed E-state index contributed by atoms with van der Waals surface area (Å²) in [6, 6.07) is 0.347. The van der Waals surface area contributed by atoms with E-state index >= 15 is 0 Å². The highest BCUT2D eigenvalue weighted by Crippen LogP contribution is 2.05. The Hall–Kier alpha value is 0.0700. The molecule has 0 radical (unpaired) electrons. The topological polar surface area (TPSA) is 46.3 Å². The molecule has 2 atom stereocenters. The van der Waals surface area contributed by atoms with Crippen molar-refractivity contribution in [3.05, 3.63) is 0 Å². The van der Waals surface area contributed by atoms with Crippen LogP contribution in [0, 0.1) is 0 Å². The van der Waals surface area contributed by atoms with Crippen LogP contribution in [0.25, 0.3) is 0 Å². The summed E-state index contributed by atoms with van der Waals surface area (Å²) in [5, 5.41) is 0. The SMILES string of the molecule is CS(=O)CCN1CCC(N)C1. The predicted octanol–water partition coefficient (Wildman–Crippen LogP) is -0.602. The summed E-state index contributed by atoms with van der Waals surface area (Å²) in [7, 11) is -0.655. The van der Waals surface area contributed by atoms with E-state index in [4.69, 9.17) is 5.73 Å². The third-order valence-electron chi connectivity index (χ3n) is 2.00. The summed E-state index contributed by atoms with van der Waals surface area (Å²) in [4.78, 5) is 2.28. The van der Waals surface area contributed by atoms with Crippen molar-refractivity contribution in [2.45, 2.75) is 12.5 Å². The monoisotopic (exact) mass is 176 g/mol. The second-order valence-corrected chi connectivity index (χ2v) is 4.68. The fraction of sp³-hybridized carbons (Fsp3) is 1.00. The summed E-state index contributed by atoms with van der Waals surface area (Å²) >= 11 is 0. The molecule has 1 heterocycles. The molecule has 1 saturated heterocycles. The molecular formula is C7H16N2OS. The average Bonchev–Trinajstić information content (AvgIpc) is 2.31. The van der Waals surface area contributed by atoms with Crippen LogP contribution in [0.3, 0.4) is 0 Å². The van der Waals surface area contributed by atoms with Gasteiger partial charge in [0.25, 0.3) is 0 Å². The van der Waals surface area contributed by atoms with Crippen LogP contribution in [-0.4, -0.2) is 46.8 Å². The van der Waals surface area contributed by atoms with Gasteiger partial charge >= 0.3 is 0 Å². The quantitative estimate of drug-likeness (QED) is 0.624. The van der Waals surface area contributed by atoms with E-state index in [1.165, 1.54) is 0 Å². The maximum atomic E-state index is 10.7. The maximum absolute atomic E-state index is 10.7. The third-order valence-corrected chi connectivity index (χ3v) is 2.76. The molecule has 2 unspecified atom stereocenters. The van der Waals surface area contributed by atoms with Gasteiger partial charge < -0.3 is 10.6 Å². The second kappa shape index (κ2) is 4.18.